The van der Waals surface area contributed by atoms with Crippen LogP contribution < -0.4 is 11.3 Å². The number of amides is 1. The van der Waals surface area contributed by atoms with Crippen LogP contribution in [-0.4, -0.2) is 15.3 Å². The minimum atomic E-state index is -0.752. The number of nitrogens with zero attached hydrogens (tertiary/aromatic N) is 2. The molecule has 0 aliphatic rings. The van der Waals surface area contributed by atoms with E-state index < -0.39 is 11.5 Å². The largest absolute Gasteiger partial charge is 0.365 e. The van der Waals surface area contributed by atoms with Crippen LogP contribution in [0.3, 0.4) is 0 Å². The molecule has 0 aromatic carbocycles. The smallest absolute Gasteiger partial charge is 0.271 e. The number of rotatable bonds is 1. The number of hydrogen-bond donors (Lipinski definition) is 1. The number of primary amides is 1. The van der Waals surface area contributed by atoms with E-state index in [1.807, 2.05) is 0 Å². The minimum absolute atomic E-state index is 0.0871. The lowest BCUT2D eigenvalue weighted by Gasteiger charge is -1.94. The van der Waals surface area contributed by atoms with E-state index in [0.29, 0.717) is 4.96 Å². The summed E-state index contributed by atoms with van der Waals surface area (Å²) in [6.45, 7) is 0. The Morgan fingerprint density at radius 1 is 1.62 bits per heavy atom. The van der Waals surface area contributed by atoms with Gasteiger partial charge >= 0.3 is 0 Å². The number of fused-ring (bicyclic) bond motifs is 1. The first-order chi connectivity index (χ1) is 6.20. The highest BCUT2D eigenvalue weighted by Gasteiger charge is 2.09. The van der Waals surface area contributed by atoms with Crippen LogP contribution in [-0.2, 0) is 0 Å². The average Bonchev–Trinajstić information content (AvgIpc) is 2.52. The van der Waals surface area contributed by atoms with Crippen molar-refractivity contribution in [3.8, 4) is 0 Å². The van der Waals surface area contributed by atoms with Crippen LogP contribution in [0.5, 0.6) is 0 Å². The summed E-state index contributed by atoms with van der Waals surface area (Å²) in [5.74, 6) is -0.752. The Morgan fingerprint density at radius 2 is 2.38 bits per heavy atom. The summed E-state index contributed by atoms with van der Waals surface area (Å²) in [7, 11) is 0. The highest BCUT2D eigenvalue weighted by molar-refractivity contribution is 7.15. The monoisotopic (exact) mass is 195 g/mol. The summed E-state index contributed by atoms with van der Waals surface area (Å²) in [4.78, 5) is 26.7. The summed E-state index contributed by atoms with van der Waals surface area (Å²) < 4.78 is 1.30. The Hall–Kier alpha value is -1.69. The third-order valence-electron chi connectivity index (χ3n) is 1.61. The van der Waals surface area contributed by atoms with Crippen LogP contribution in [0.2, 0.25) is 0 Å². The van der Waals surface area contributed by atoms with Crippen LogP contribution >= 0.6 is 11.3 Å². The Balaban J connectivity index is 2.89. The van der Waals surface area contributed by atoms with Gasteiger partial charge in [0.2, 0.25) is 0 Å². The summed E-state index contributed by atoms with van der Waals surface area (Å²) in [5, 5.41) is 1.72. The fraction of sp³-hybridized carbons (Fsp3) is 0. The van der Waals surface area contributed by atoms with Crippen LogP contribution in [0.25, 0.3) is 4.96 Å². The Labute approximate surface area is 76.4 Å². The minimum Gasteiger partial charge on any atom is -0.365 e. The van der Waals surface area contributed by atoms with Gasteiger partial charge in [0, 0.05) is 17.8 Å². The number of nitrogens with two attached hydrogens (primary N) is 1. The van der Waals surface area contributed by atoms with Crippen molar-refractivity contribution in [2.45, 2.75) is 0 Å². The molecule has 0 saturated heterocycles. The van der Waals surface area contributed by atoms with Crippen LogP contribution in [0, 0.1) is 0 Å². The molecule has 0 unspecified atom stereocenters. The third kappa shape index (κ3) is 1.11. The SMILES string of the molecule is NC(=O)c1cnc2sccn2c1=O. The molecule has 5 nitrogen and oxygen atoms in total. The second-order valence-electron chi connectivity index (χ2n) is 2.40. The van der Waals surface area contributed by atoms with E-state index in [-0.39, 0.29) is 5.56 Å². The Bertz CT molecular complexity index is 528. The van der Waals surface area contributed by atoms with Gasteiger partial charge in [-0.15, -0.1) is 11.3 Å². The molecule has 0 atom stereocenters. The first kappa shape index (κ1) is 7.93. The summed E-state index contributed by atoms with van der Waals surface area (Å²) in [5.41, 5.74) is 4.48. The second-order valence-corrected chi connectivity index (χ2v) is 3.27. The molecule has 0 bridgehead atoms. The number of carbonyl (C=O) groups excluding carboxylic acids is 1. The molecule has 2 heterocycles. The lowest BCUT2D eigenvalue weighted by atomic mass is 10.3. The van der Waals surface area contributed by atoms with Gasteiger partial charge in [0.05, 0.1) is 0 Å². The van der Waals surface area contributed by atoms with Crippen molar-refractivity contribution in [3.63, 3.8) is 0 Å². The molecule has 0 fully saturated rings. The molecule has 6 heteroatoms. The molecule has 1 amide bonds. The number of thiazole rings is 1. The van der Waals surface area contributed by atoms with E-state index in [9.17, 15) is 9.59 Å². The molecule has 0 spiro atoms. The second kappa shape index (κ2) is 2.67. The van der Waals surface area contributed by atoms with Gasteiger partial charge in [0.25, 0.3) is 11.5 Å². The van der Waals surface area contributed by atoms with Crippen LogP contribution in [0.1, 0.15) is 10.4 Å². The maximum Gasteiger partial charge on any atom is 0.271 e. The molecular weight excluding hydrogens is 190 g/mol. The van der Waals surface area contributed by atoms with Gasteiger partial charge in [-0.3, -0.25) is 14.0 Å². The third-order valence-corrected chi connectivity index (χ3v) is 2.38. The molecule has 0 aliphatic heterocycles. The van der Waals surface area contributed by atoms with Gasteiger partial charge in [0.15, 0.2) is 4.96 Å². The normalized spacial score (nSPS) is 10.5. The van der Waals surface area contributed by atoms with Crippen LogP contribution in [0.4, 0.5) is 0 Å². The van der Waals surface area contributed by atoms with Gasteiger partial charge in [-0.25, -0.2) is 4.98 Å². The average molecular weight is 195 g/mol. The molecule has 13 heavy (non-hydrogen) atoms. The highest BCUT2D eigenvalue weighted by atomic mass is 32.1. The molecule has 2 aromatic rings. The predicted molar refractivity (Wildman–Crippen MR) is 47.9 cm³/mol. The van der Waals surface area contributed by atoms with Crippen molar-refractivity contribution in [3.05, 3.63) is 33.7 Å². The highest BCUT2D eigenvalue weighted by Crippen LogP contribution is 2.04. The number of hydrogen-bond acceptors (Lipinski definition) is 4. The van der Waals surface area contributed by atoms with E-state index >= 15 is 0 Å². The van der Waals surface area contributed by atoms with Crippen LogP contribution in [0.15, 0.2) is 22.6 Å². The molecule has 2 N–H and O–H groups in total. The molecule has 66 valence electrons. The molecule has 2 rings (SSSR count). The van der Waals surface area contributed by atoms with Crippen molar-refractivity contribution in [1.82, 2.24) is 9.38 Å². The van der Waals surface area contributed by atoms with Gasteiger partial charge in [-0.05, 0) is 0 Å². The van der Waals surface area contributed by atoms with Crippen molar-refractivity contribution in [1.29, 1.82) is 0 Å². The lowest BCUT2D eigenvalue weighted by Crippen LogP contribution is -2.25. The van der Waals surface area contributed by atoms with Gasteiger partial charge in [-0.1, -0.05) is 0 Å². The van der Waals surface area contributed by atoms with E-state index in [1.165, 1.54) is 21.9 Å². The molecule has 2 aromatic heterocycles. The maximum absolute atomic E-state index is 11.5. The Morgan fingerprint density at radius 3 is 3.08 bits per heavy atom. The topological polar surface area (TPSA) is 77.5 Å². The Kier molecular flexibility index (Phi) is 1.63. The number of aromatic nitrogens is 2. The van der Waals surface area contributed by atoms with Crippen molar-refractivity contribution >= 4 is 22.2 Å². The quantitative estimate of drug-likeness (QED) is 0.687. The standard InChI is InChI=1S/C7H5N3O2S/c8-5(11)4-3-9-7-10(6(4)12)1-2-13-7/h1-3H,(H2,8,11). The van der Waals surface area contributed by atoms with Crippen molar-refractivity contribution in [2.24, 2.45) is 5.73 Å². The van der Waals surface area contributed by atoms with Crippen molar-refractivity contribution < 1.29 is 4.79 Å². The first-order valence-electron chi connectivity index (χ1n) is 3.45. The fourth-order valence-corrected chi connectivity index (χ4v) is 1.67. The first-order valence-corrected chi connectivity index (χ1v) is 4.33. The molecule has 0 radical (unpaired) electrons. The van der Waals surface area contributed by atoms with Gasteiger partial charge < -0.3 is 5.73 Å². The summed E-state index contributed by atoms with van der Waals surface area (Å²) >= 11 is 1.32. The van der Waals surface area contributed by atoms with E-state index in [2.05, 4.69) is 4.98 Å². The van der Waals surface area contributed by atoms with E-state index in [4.69, 9.17) is 5.73 Å². The lowest BCUT2D eigenvalue weighted by molar-refractivity contribution is 0.0998. The predicted octanol–water partition coefficient (Wildman–Crippen LogP) is -0.145. The molecular formula is C7H5N3O2S. The van der Waals surface area contributed by atoms with Gasteiger partial charge in [-0.2, -0.15) is 0 Å². The van der Waals surface area contributed by atoms with E-state index in [0.717, 1.165) is 0 Å². The zero-order chi connectivity index (χ0) is 9.42. The van der Waals surface area contributed by atoms with E-state index in [1.54, 1.807) is 11.6 Å². The summed E-state index contributed by atoms with van der Waals surface area (Å²) in [6.07, 6.45) is 2.76. The fourth-order valence-electron chi connectivity index (χ4n) is 0.994. The maximum atomic E-state index is 11.5. The molecule has 0 aliphatic carbocycles. The number of carbonyl (C=O) groups is 1. The zero-order valence-electron chi connectivity index (χ0n) is 6.43. The van der Waals surface area contributed by atoms with Gasteiger partial charge in [0.1, 0.15) is 5.56 Å². The zero-order valence-corrected chi connectivity index (χ0v) is 7.25. The molecule has 0 saturated carbocycles. The summed E-state index contributed by atoms with van der Waals surface area (Å²) in [6, 6.07) is 0. The van der Waals surface area contributed by atoms with Crippen molar-refractivity contribution in [2.75, 3.05) is 0 Å².